The van der Waals surface area contributed by atoms with Crippen LogP contribution in [0.15, 0.2) is 18.2 Å². The molecule has 0 saturated heterocycles. The Labute approximate surface area is 103 Å². The maximum Gasteiger partial charge on any atom is 0.121 e. The molecule has 1 aliphatic rings. The molecule has 1 aromatic rings. The standard InChI is InChI=1S/C14H21NO2/c1-9(2)15-8-11(7-10(3)16)14-12(15)5-4-6-13(14)17/h4-6,9-11,16-17H,7-8H2,1-3H3. The van der Waals surface area contributed by atoms with Crippen LogP contribution in [0.25, 0.3) is 0 Å². The van der Waals surface area contributed by atoms with Crippen molar-refractivity contribution >= 4 is 5.69 Å². The third-order valence-electron chi connectivity index (χ3n) is 3.44. The molecule has 0 amide bonds. The number of aliphatic hydroxyl groups excluding tert-OH is 1. The van der Waals surface area contributed by atoms with E-state index in [1.807, 2.05) is 6.07 Å². The van der Waals surface area contributed by atoms with Crippen molar-refractivity contribution in [2.75, 3.05) is 11.4 Å². The third-order valence-corrected chi connectivity index (χ3v) is 3.44. The zero-order valence-electron chi connectivity index (χ0n) is 10.7. The van der Waals surface area contributed by atoms with E-state index in [1.54, 1.807) is 13.0 Å². The molecule has 0 fully saturated rings. The van der Waals surface area contributed by atoms with Gasteiger partial charge in [0.25, 0.3) is 0 Å². The second-order valence-corrected chi connectivity index (χ2v) is 5.24. The Hall–Kier alpha value is -1.22. The molecule has 1 aliphatic heterocycles. The second kappa shape index (κ2) is 4.57. The number of hydrogen-bond donors (Lipinski definition) is 2. The van der Waals surface area contributed by atoms with Gasteiger partial charge < -0.3 is 15.1 Å². The van der Waals surface area contributed by atoms with Crippen LogP contribution in [-0.2, 0) is 0 Å². The van der Waals surface area contributed by atoms with Crippen molar-refractivity contribution in [3.05, 3.63) is 23.8 Å². The first-order chi connectivity index (χ1) is 8.00. The third kappa shape index (κ3) is 2.25. The van der Waals surface area contributed by atoms with Crippen molar-refractivity contribution < 1.29 is 10.2 Å². The molecule has 0 aliphatic carbocycles. The minimum atomic E-state index is -0.334. The van der Waals surface area contributed by atoms with E-state index < -0.39 is 0 Å². The highest BCUT2D eigenvalue weighted by atomic mass is 16.3. The normalized spacial score (nSPS) is 20.8. The molecule has 1 aromatic carbocycles. The first-order valence-corrected chi connectivity index (χ1v) is 6.27. The molecule has 0 bridgehead atoms. The minimum absolute atomic E-state index is 0.230. The van der Waals surface area contributed by atoms with Gasteiger partial charge >= 0.3 is 0 Å². The van der Waals surface area contributed by atoms with Gasteiger partial charge in [-0.1, -0.05) is 6.07 Å². The predicted molar refractivity (Wildman–Crippen MR) is 69.6 cm³/mol. The molecule has 94 valence electrons. The van der Waals surface area contributed by atoms with Gasteiger partial charge in [0, 0.05) is 29.8 Å². The quantitative estimate of drug-likeness (QED) is 0.846. The zero-order valence-corrected chi connectivity index (χ0v) is 10.7. The lowest BCUT2D eigenvalue weighted by molar-refractivity contribution is 0.175. The number of fused-ring (bicyclic) bond motifs is 1. The van der Waals surface area contributed by atoms with Crippen LogP contribution in [0.5, 0.6) is 5.75 Å². The Kier molecular flexibility index (Phi) is 3.29. The maximum atomic E-state index is 10.0. The topological polar surface area (TPSA) is 43.7 Å². The van der Waals surface area contributed by atoms with E-state index >= 15 is 0 Å². The summed E-state index contributed by atoms with van der Waals surface area (Å²) in [6.45, 7) is 6.99. The first-order valence-electron chi connectivity index (χ1n) is 6.27. The molecule has 3 nitrogen and oxygen atoms in total. The summed E-state index contributed by atoms with van der Waals surface area (Å²) in [5.41, 5.74) is 2.12. The minimum Gasteiger partial charge on any atom is -0.508 e. The molecule has 1 heterocycles. The van der Waals surface area contributed by atoms with Crippen LogP contribution in [-0.4, -0.2) is 28.9 Å². The average Bonchev–Trinajstić information content (AvgIpc) is 2.57. The van der Waals surface area contributed by atoms with Gasteiger partial charge in [0.15, 0.2) is 0 Å². The molecule has 0 saturated carbocycles. The van der Waals surface area contributed by atoms with Gasteiger partial charge in [-0.05, 0) is 39.3 Å². The highest BCUT2D eigenvalue weighted by Gasteiger charge is 2.32. The summed E-state index contributed by atoms with van der Waals surface area (Å²) in [7, 11) is 0. The van der Waals surface area contributed by atoms with Crippen LogP contribution in [0.2, 0.25) is 0 Å². The lowest BCUT2D eigenvalue weighted by Crippen LogP contribution is -2.29. The summed E-state index contributed by atoms with van der Waals surface area (Å²) < 4.78 is 0. The molecule has 17 heavy (non-hydrogen) atoms. The van der Waals surface area contributed by atoms with E-state index in [2.05, 4.69) is 24.8 Å². The average molecular weight is 235 g/mol. The lowest BCUT2D eigenvalue weighted by Gasteiger charge is -2.24. The van der Waals surface area contributed by atoms with E-state index in [0.717, 1.165) is 17.8 Å². The summed E-state index contributed by atoms with van der Waals surface area (Å²) in [5.74, 6) is 0.588. The molecular weight excluding hydrogens is 214 g/mol. The van der Waals surface area contributed by atoms with Gasteiger partial charge in [-0.15, -0.1) is 0 Å². The number of rotatable bonds is 3. The molecule has 2 unspecified atom stereocenters. The smallest absolute Gasteiger partial charge is 0.121 e. The molecule has 0 aromatic heterocycles. The van der Waals surface area contributed by atoms with E-state index in [4.69, 9.17) is 0 Å². The van der Waals surface area contributed by atoms with Crippen molar-refractivity contribution in [1.29, 1.82) is 0 Å². The summed E-state index contributed by atoms with van der Waals surface area (Å²) in [4.78, 5) is 2.29. The van der Waals surface area contributed by atoms with Crippen molar-refractivity contribution in [2.45, 2.75) is 45.3 Å². The number of aromatic hydroxyl groups is 1. The first kappa shape index (κ1) is 12.2. The Balaban J connectivity index is 2.38. The lowest BCUT2D eigenvalue weighted by atomic mass is 9.95. The van der Waals surface area contributed by atoms with Gasteiger partial charge in [0.1, 0.15) is 5.75 Å². The fourth-order valence-corrected chi connectivity index (χ4v) is 2.73. The van der Waals surface area contributed by atoms with E-state index in [-0.39, 0.29) is 12.0 Å². The van der Waals surface area contributed by atoms with Gasteiger partial charge in [0.2, 0.25) is 0 Å². The highest BCUT2D eigenvalue weighted by molar-refractivity contribution is 5.65. The van der Waals surface area contributed by atoms with Gasteiger partial charge in [0.05, 0.1) is 6.10 Å². The van der Waals surface area contributed by atoms with Crippen LogP contribution in [0.4, 0.5) is 5.69 Å². The largest absolute Gasteiger partial charge is 0.508 e. The molecule has 2 atom stereocenters. The Morgan fingerprint density at radius 3 is 2.65 bits per heavy atom. The SMILES string of the molecule is CC(O)CC1CN(C(C)C)c2cccc(O)c21. The van der Waals surface area contributed by atoms with Crippen LogP contribution < -0.4 is 4.90 Å². The number of phenolic OH excluding ortho intramolecular Hbond substituents is 1. The van der Waals surface area contributed by atoms with Crippen LogP contribution >= 0.6 is 0 Å². The van der Waals surface area contributed by atoms with Crippen molar-refractivity contribution in [3.8, 4) is 5.75 Å². The molecule has 2 rings (SSSR count). The van der Waals surface area contributed by atoms with Crippen molar-refractivity contribution in [2.24, 2.45) is 0 Å². The van der Waals surface area contributed by atoms with Crippen molar-refractivity contribution in [1.82, 2.24) is 0 Å². The molecule has 2 N–H and O–H groups in total. The van der Waals surface area contributed by atoms with E-state index in [9.17, 15) is 10.2 Å². The molecule has 0 spiro atoms. The Bertz CT molecular complexity index is 401. The Morgan fingerprint density at radius 1 is 1.35 bits per heavy atom. The highest BCUT2D eigenvalue weighted by Crippen LogP contribution is 2.44. The predicted octanol–water partition coefficient (Wildman–Crippen LogP) is 2.48. The summed E-state index contributed by atoms with van der Waals surface area (Å²) in [6, 6.07) is 6.08. The number of aliphatic hydroxyl groups is 1. The fourth-order valence-electron chi connectivity index (χ4n) is 2.73. The van der Waals surface area contributed by atoms with E-state index in [1.165, 1.54) is 0 Å². The summed E-state index contributed by atoms with van der Waals surface area (Å²) in [5, 5.41) is 19.6. The molecule has 0 radical (unpaired) electrons. The Morgan fingerprint density at radius 2 is 2.06 bits per heavy atom. The van der Waals surface area contributed by atoms with Crippen molar-refractivity contribution in [3.63, 3.8) is 0 Å². The fraction of sp³-hybridized carbons (Fsp3) is 0.571. The van der Waals surface area contributed by atoms with Crippen LogP contribution in [0.3, 0.4) is 0 Å². The van der Waals surface area contributed by atoms with Gasteiger partial charge in [-0.2, -0.15) is 0 Å². The zero-order chi connectivity index (χ0) is 12.6. The van der Waals surface area contributed by atoms with Crippen LogP contribution in [0, 0.1) is 0 Å². The van der Waals surface area contributed by atoms with Gasteiger partial charge in [-0.3, -0.25) is 0 Å². The number of benzene rings is 1. The maximum absolute atomic E-state index is 10.0. The van der Waals surface area contributed by atoms with E-state index in [0.29, 0.717) is 18.2 Å². The molecule has 3 heteroatoms. The van der Waals surface area contributed by atoms with Crippen LogP contribution in [0.1, 0.15) is 38.7 Å². The molecular formula is C14H21NO2. The monoisotopic (exact) mass is 235 g/mol. The second-order valence-electron chi connectivity index (χ2n) is 5.24. The summed E-state index contributed by atoms with van der Waals surface area (Å²) in [6.07, 6.45) is 0.368. The number of nitrogens with zero attached hydrogens (tertiary/aromatic N) is 1. The number of hydrogen-bond acceptors (Lipinski definition) is 3. The number of anilines is 1. The number of phenols is 1. The van der Waals surface area contributed by atoms with Gasteiger partial charge in [-0.25, -0.2) is 0 Å². The summed E-state index contributed by atoms with van der Waals surface area (Å²) >= 11 is 0.